The van der Waals surface area contributed by atoms with Crippen LogP contribution in [0.5, 0.6) is 0 Å². The van der Waals surface area contributed by atoms with Crippen molar-refractivity contribution in [1.29, 1.82) is 0 Å². The third-order valence-electron chi connectivity index (χ3n) is 4.25. The van der Waals surface area contributed by atoms with Gasteiger partial charge in [-0.25, -0.2) is 0 Å². The average molecular weight is 304 g/mol. The minimum Gasteiger partial charge on any atom is -0.378 e. The third kappa shape index (κ3) is 5.43. The van der Waals surface area contributed by atoms with E-state index in [-0.39, 0.29) is 5.91 Å². The van der Waals surface area contributed by atoms with E-state index in [4.69, 9.17) is 10.5 Å². The molecule has 4 heteroatoms. The van der Waals surface area contributed by atoms with E-state index in [1.54, 1.807) is 0 Å². The standard InChI is InChI=1S/C18H28N2O2/c1-14-8-10-15(11-9-14)17(19)18(21)20-12-5-13-22-16-6-3-2-4-7-16/h8-11,16-17H,2-7,12-13,19H2,1H3,(H,20,21). The maximum absolute atomic E-state index is 12.0. The summed E-state index contributed by atoms with van der Waals surface area (Å²) in [4.78, 5) is 12.0. The maximum atomic E-state index is 12.0. The molecule has 1 amide bonds. The summed E-state index contributed by atoms with van der Waals surface area (Å²) in [5, 5.41) is 2.89. The number of nitrogens with two attached hydrogens (primary N) is 1. The van der Waals surface area contributed by atoms with Gasteiger partial charge in [0.2, 0.25) is 5.91 Å². The zero-order valence-corrected chi connectivity index (χ0v) is 13.5. The van der Waals surface area contributed by atoms with Crippen LogP contribution in [0.1, 0.15) is 55.7 Å². The van der Waals surface area contributed by atoms with Crippen LogP contribution in [0, 0.1) is 6.92 Å². The molecular formula is C18H28N2O2. The zero-order chi connectivity index (χ0) is 15.8. The smallest absolute Gasteiger partial charge is 0.241 e. The Balaban J connectivity index is 1.61. The molecule has 1 atom stereocenters. The Kier molecular flexibility index (Phi) is 6.87. The second-order valence-electron chi connectivity index (χ2n) is 6.16. The van der Waals surface area contributed by atoms with Gasteiger partial charge >= 0.3 is 0 Å². The molecule has 1 aromatic carbocycles. The van der Waals surface area contributed by atoms with Crippen molar-refractivity contribution in [2.24, 2.45) is 5.73 Å². The van der Waals surface area contributed by atoms with Crippen LogP contribution in [0.25, 0.3) is 0 Å². The molecule has 0 spiro atoms. The highest BCUT2D eigenvalue weighted by Crippen LogP contribution is 2.20. The summed E-state index contributed by atoms with van der Waals surface area (Å²) in [6, 6.07) is 7.17. The van der Waals surface area contributed by atoms with E-state index in [1.807, 2.05) is 31.2 Å². The molecule has 0 radical (unpaired) electrons. The summed E-state index contributed by atoms with van der Waals surface area (Å²) in [7, 11) is 0. The fourth-order valence-corrected chi connectivity index (χ4v) is 2.80. The molecular weight excluding hydrogens is 276 g/mol. The molecule has 22 heavy (non-hydrogen) atoms. The lowest BCUT2D eigenvalue weighted by molar-refractivity contribution is -0.122. The van der Waals surface area contributed by atoms with Crippen LogP contribution in [0.15, 0.2) is 24.3 Å². The molecule has 1 aromatic rings. The SMILES string of the molecule is Cc1ccc(C(N)C(=O)NCCCOC2CCCCC2)cc1. The predicted molar refractivity (Wildman–Crippen MR) is 88.6 cm³/mol. The van der Waals surface area contributed by atoms with Crippen LogP contribution >= 0.6 is 0 Å². The van der Waals surface area contributed by atoms with Crippen molar-refractivity contribution in [3.8, 4) is 0 Å². The Morgan fingerprint density at radius 2 is 1.95 bits per heavy atom. The quantitative estimate of drug-likeness (QED) is 0.761. The van der Waals surface area contributed by atoms with Crippen LogP contribution in [-0.2, 0) is 9.53 Å². The van der Waals surface area contributed by atoms with Gasteiger partial charge in [-0.15, -0.1) is 0 Å². The van der Waals surface area contributed by atoms with Crippen molar-refractivity contribution < 1.29 is 9.53 Å². The zero-order valence-electron chi connectivity index (χ0n) is 13.5. The molecule has 0 aromatic heterocycles. The summed E-state index contributed by atoms with van der Waals surface area (Å²) in [5.74, 6) is -0.124. The summed E-state index contributed by atoms with van der Waals surface area (Å²) in [6.07, 6.45) is 7.55. The molecule has 0 aliphatic heterocycles. The van der Waals surface area contributed by atoms with Crippen molar-refractivity contribution in [2.45, 2.75) is 57.6 Å². The highest BCUT2D eigenvalue weighted by Gasteiger charge is 2.15. The van der Waals surface area contributed by atoms with Crippen molar-refractivity contribution in [3.63, 3.8) is 0 Å². The fourth-order valence-electron chi connectivity index (χ4n) is 2.80. The minimum atomic E-state index is -0.597. The van der Waals surface area contributed by atoms with Crippen LogP contribution in [0.4, 0.5) is 0 Å². The first-order valence-electron chi connectivity index (χ1n) is 8.38. The van der Waals surface area contributed by atoms with Gasteiger partial charge in [-0.05, 0) is 31.7 Å². The van der Waals surface area contributed by atoms with E-state index in [0.29, 0.717) is 19.3 Å². The summed E-state index contributed by atoms with van der Waals surface area (Å²) in [5.41, 5.74) is 7.99. The van der Waals surface area contributed by atoms with Crippen molar-refractivity contribution >= 4 is 5.91 Å². The van der Waals surface area contributed by atoms with Gasteiger partial charge in [0, 0.05) is 13.2 Å². The van der Waals surface area contributed by atoms with E-state index in [0.717, 1.165) is 17.5 Å². The fraction of sp³-hybridized carbons (Fsp3) is 0.611. The number of hydrogen-bond donors (Lipinski definition) is 2. The van der Waals surface area contributed by atoms with E-state index >= 15 is 0 Å². The lowest BCUT2D eigenvalue weighted by Crippen LogP contribution is -2.35. The van der Waals surface area contributed by atoms with Crippen molar-refractivity contribution in [2.75, 3.05) is 13.2 Å². The number of rotatable bonds is 7. The second-order valence-corrected chi connectivity index (χ2v) is 6.16. The Morgan fingerprint density at radius 1 is 1.27 bits per heavy atom. The van der Waals surface area contributed by atoms with Gasteiger partial charge in [0.1, 0.15) is 6.04 Å². The van der Waals surface area contributed by atoms with E-state index in [2.05, 4.69) is 5.32 Å². The molecule has 0 heterocycles. The van der Waals surface area contributed by atoms with E-state index in [9.17, 15) is 4.79 Å². The lowest BCUT2D eigenvalue weighted by Gasteiger charge is -2.22. The van der Waals surface area contributed by atoms with Gasteiger partial charge in [-0.2, -0.15) is 0 Å². The van der Waals surface area contributed by atoms with Crippen LogP contribution in [0.2, 0.25) is 0 Å². The highest BCUT2D eigenvalue weighted by atomic mass is 16.5. The number of nitrogens with one attached hydrogen (secondary N) is 1. The molecule has 0 bridgehead atoms. The normalized spacial score (nSPS) is 17.2. The summed E-state index contributed by atoms with van der Waals surface area (Å²) < 4.78 is 5.84. The highest BCUT2D eigenvalue weighted by molar-refractivity contribution is 5.82. The maximum Gasteiger partial charge on any atom is 0.241 e. The number of amides is 1. The van der Waals surface area contributed by atoms with Gasteiger partial charge in [0.15, 0.2) is 0 Å². The van der Waals surface area contributed by atoms with Gasteiger partial charge < -0.3 is 15.8 Å². The molecule has 2 rings (SSSR count). The van der Waals surface area contributed by atoms with Gasteiger partial charge in [0.25, 0.3) is 0 Å². The Bertz CT molecular complexity index is 453. The molecule has 1 aliphatic rings. The summed E-state index contributed by atoms with van der Waals surface area (Å²) >= 11 is 0. The first-order valence-corrected chi connectivity index (χ1v) is 8.38. The summed E-state index contributed by atoms with van der Waals surface area (Å²) in [6.45, 7) is 3.34. The van der Waals surface area contributed by atoms with Crippen LogP contribution in [0.3, 0.4) is 0 Å². The van der Waals surface area contributed by atoms with Gasteiger partial charge in [0.05, 0.1) is 6.10 Å². The molecule has 0 saturated heterocycles. The number of carbonyl (C=O) groups is 1. The molecule has 1 fully saturated rings. The lowest BCUT2D eigenvalue weighted by atomic mass is 9.98. The first-order chi connectivity index (χ1) is 10.7. The Hall–Kier alpha value is -1.39. The molecule has 1 unspecified atom stereocenters. The van der Waals surface area contributed by atoms with E-state index in [1.165, 1.54) is 32.1 Å². The monoisotopic (exact) mass is 304 g/mol. The van der Waals surface area contributed by atoms with Crippen molar-refractivity contribution in [3.05, 3.63) is 35.4 Å². The number of carbonyl (C=O) groups excluding carboxylic acids is 1. The third-order valence-corrected chi connectivity index (χ3v) is 4.25. The van der Waals surface area contributed by atoms with E-state index < -0.39 is 6.04 Å². The average Bonchev–Trinajstić information content (AvgIpc) is 2.55. The molecule has 1 saturated carbocycles. The van der Waals surface area contributed by atoms with Gasteiger partial charge in [-0.1, -0.05) is 49.1 Å². The molecule has 4 nitrogen and oxygen atoms in total. The van der Waals surface area contributed by atoms with Gasteiger partial charge in [-0.3, -0.25) is 4.79 Å². The van der Waals surface area contributed by atoms with Crippen LogP contribution < -0.4 is 11.1 Å². The Labute approximate surface area is 133 Å². The number of benzene rings is 1. The Morgan fingerprint density at radius 3 is 2.64 bits per heavy atom. The predicted octanol–water partition coefficient (Wildman–Crippen LogP) is 2.85. The molecule has 3 N–H and O–H groups in total. The minimum absolute atomic E-state index is 0.124. The largest absolute Gasteiger partial charge is 0.378 e. The van der Waals surface area contributed by atoms with Crippen molar-refractivity contribution in [1.82, 2.24) is 5.32 Å². The number of hydrogen-bond acceptors (Lipinski definition) is 3. The first kappa shape index (κ1) is 17.0. The number of aryl methyl sites for hydroxylation is 1. The molecule has 122 valence electrons. The second kappa shape index (κ2) is 8.91. The number of ether oxygens (including phenoxy) is 1. The van der Waals surface area contributed by atoms with Crippen LogP contribution in [-0.4, -0.2) is 25.2 Å². The molecule has 1 aliphatic carbocycles. The topological polar surface area (TPSA) is 64.4 Å².